The van der Waals surface area contributed by atoms with E-state index in [0.717, 1.165) is 19.4 Å². The second-order valence-electron chi connectivity index (χ2n) is 4.63. The lowest BCUT2D eigenvalue weighted by Crippen LogP contribution is -2.43. The van der Waals surface area contributed by atoms with Crippen LogP contribution in [0.25, 0.3) is 0 Å². The van der Waals surface area contributed by atoms with Crippen LogP contribution in [0, 0.1) is 0 Å². The molecular weight excluding hydrogens is 242 g/mol. The Labute approximate surface area is 102 Å². The van der Waals surface area contributed by atoms with Gasteiger partial charge in [0.05, 0.1) is 17.0 Å². The lowest BCUT2D eigenvalue weighted by molar-refractivity contribution is 0.289. The summed E-state index contributed by atoms with van der Waals surface area (Å²) in [6.07, 6.45) is 1.76. The maximum absolute atomic E-state index is 11.7. The fourth-order valence-electron chi connectivity index (χ4n) is 1.98. The van der Waals surface area contributed by atoms with Gasteiger partial charge in [-0.1, -0.05) is 5.16 Å². The van der Waals surface area contributed by atoms with Gasteiger partial charge in [0, 0.05) is 6.54 Å². The van der Waals surface area contributed by atoms with Gasteiger partial charge in [0.15, 0.2) is 15.7 Å². The first kappa shape index (κ1) is 14.2. The molecule has 0 spiro atoms. The second-order valence-corrected chi connectivity index (χ2v) is 7.31. The van der Waals surface area contributed by atoms with E-state index < -0.39 is 9.84 Å². The van der Waals surface area contributed by atoms with Gasteiger partial charge in [-0.25, -0.2) is 8.42 Å². The zero-order chi connectivity index (χ0) is 13.1. The van der Waals surface area contributed by atoms with Gasteiger partial charge < -0.3 is 10.9 Å². The van der Waals surface area contributed by atoms with Gasteiger partial charge in [-0.3, -0.25) is 4.90 Å². The molecule has 0 aromatic heterocycles. The Hall–Kier alpha value is -0.820. The van der Waals surface area contributed by atoms with Crippen LogP contribution in [0.5, 0.6) is 0 Å². The van der Waals surface area contributed by atoms with Crippen molar-refractivity contribution in [3.05, 3.63) is 0 Å². The number of hydrogen-bond donors (Lipinski definition) is 2. The smallest absolute Gasteiger partial charge is 0.156 e. The minimum atomic E-state index is -3.03. The monoisotopic (exact) mass is 263 g/mol. The number of nitrogens with two attached hydrogens (primary N) is 1. The first-order valence-electron chi connectivity index (χ1n) is 5.81. The number of amidine groups is 1. The van der Waals surface area contributed by atoms with E-state index in [2.05, 4.69) is 5.16 Å². The molecule has 1 aliphatic rings. The van der Waals surface area contributed by atoms with Crippen LogP contribution in [0.4, 0.5) is 0 Å². The van der Waals surface area contributed by atoms with Crippen LogP contribution in [0.3, 0.4) is 0 Å². The zero-order valence-corrected chi connectivity index (χ0v) is 11.2. The maximum Gasteiger partial charge on any atom is 0.156 e. The van der Waals surface area contributed by atoms with Gasteiger partial charge in [-0.2, -0.15) is 0 Å². The highest BCUT2D eigenvalue weighted by atomic mass is 32.2. The average molecular weight is 263 g/mol. The van der Waals surface area contributed by atoms with Gasteiger partial charge in [-0.05, 0) is 33.2 Å². The lowest BCUT2D eigenvalue weighted by Gasteiger charge is -2.23. The number of rotatable bonds is 5. The molecule has 100 valence electrons. The van der Waals surface area contributed by atoms with E-state index in [1.165, 1.54) is 0 Å². The van der Waals surface area contributed by atoms with E-state index in [9.17, 15) is 8.42 Å². The lowest BCUT2D eigenvalue weighted by atomic mass is 10.2. The standard InChI is InChI=1S/C10H21N3O3S/c1-8(2)17(15,16)7-6-13-5-3-4-9(13)10(11)12-14/h8-9,14H,3-7H2,1-2H3,(H2,11,12). The van der Waals surface area contributed by atoms with Crippen LogP contribution in [-0.2, 0) is 9.84 Å². The molecule has 0 aromatic rings. The van der Waals surface area contributed by atoms with Crippen molar-refractivity contribution in [3.8, 4) is 0 Å². The van der Waals surface area contributed by atoms with E-state index >= 15 is 0 Å². The van der Waals surface area contributed by atoms with Crippen molar-refractivity contribution >= 4 is 15.7 Å². The van der Waals surface area contributed by atoms with Crippen molar-refractivity contribution in [1.82, 2.24) is 4.90 Å². The third-order valence-electron chi connectivity index (χ3n) is 3.20. The molecule has 1 fully saturated rings. The summed E-state index contributed by atoms with van der Waals surface area (Å²) in [4.78, 5) is 1.97. The fraction of sp³-hybridized carbons (Fsp3) is 0.900. The van der Waals surface area contributed by atoms with Crippen LogP contribution in [-0.4, -0.2) is 54.5 Å². The van der Waals surface area contributed by atoms with Crippen LogP contribution in [0.2, 0.25) is 0 Å². The summed E-state index contributed by atoms with van der Waals surface area (Å²) in [5.74, 6) is 0.296. The fourth-order valence-corrected chi connectivity index (χ4v) is 2.94. The summed E-state index contributed by atoms with van der Waals surface area (Å²) in [6, 6.07) is -0.123. The molecule has 1 unspecified atom stereocenters. The van der Waals surface area contributed by atoms with E-state index in [0.29, 0.717) is 6.54 Å². The minimum Gasteiger partial charge on any atom is -0.409 e. The van der Waals surface area contributed by atoms with Crippen molar-refractivity contribution in [2.45, 2.75) is 38.0 Å². The van der Waals surface area contributed by atoms with Crippen molar-refractivity contribution in [1.29, 1.82) is 0 Å². The summed E-state index contributed by atoms with van der Waals surface area (Å²) < 4.78 is 23.4. The average Bonchev–Trinajstić information content (AvgIpc) is 2.73. The Morgan fingerprint density at radius 1 is 1.59 bits per heavy atom. The molecule has 1 saturated heterocycles. The highest BCUT2D eigenvalue weighted by Crippen LogP contribution is 2.17. The number of oxime groups is 1. The molecule has 17 heavy (non-hydrogen) atoms. The Bertz CT molecular complexity index is 378. The molecule has 0 saturated carbocycles. The summed E-state index contributed by atoms with van der Waals surface area (Å²) in [5.41, 5.74) is 5.58. The number of hydrogen-bond acceptors (Lipinski definition) is 5. The Kier molecular flexibility index (Phi) is 4.76. The van der Waals surface area contributed by atoms with Gasteiger partial charge in [0.2, 0.25) is 0 Å². The second kappa shape index (κ2) is 5.68. The number of nitrogens with zero attached hydrogens (tertiary/aromatic N) is 2. The Balaban J connectivity index is 2.58. The first-order chi connectivity index (χ1) is 7.88. The predicted molar refractivity (Wildman–Crippen MR) is 66.9 cm³/mol. The first-order valence-corrected chi connectivity index (χ1v) is 7.53. The highest BCUT2D eigenvalue weighted by molar-refractivity contribution is 7.92. The van der Waals surface area contributed by atoms with Gasteiger partial charge in [0.1, 0.15) is 0 Å². The molecule has 0 bridgehead atoms. The zero-order valence-electron chi connectivity index (χ0n) is 10.3. The third-order valence-corrected chi connectivity index (χ3v) is 5.39. The van der Waals surface area contributed by atoms with Crippen LogP contribution in [0.15, 0.2) is 5.16 Å². The van der Waals surface area contributed by atoms with Crippen molar-refractivity contribution in [3.63, 3.8) is 0 Å². The van der Waals surface area contributed by atoms with Gasteiger partial charge in [0.25, 0.3) is 0 Å². The molecular formula is C10H21N3O3S. The van der Waals surface area contributed by atoms with E-state index in [1.54, 1.807) is 13.8 Å². The predicted octanol–water partition coefficient (Wildman–Crippen LogP) is 0.0204. The summed E-state index contributed by atoms with van der Waals surface area (Å²) >= 11 is 0. The number of likely N-dealkylation sites (tertiary alicyclic amines) is 1. The van der Waals surface area contributed by atoms with Crippen molar-refractivity contribution < 1.29 is 13.6 Å². The van der Waals surface area contributed by atoms with E-state index in [1.807, 2.05) is 4.90 Å². The molecule has 1 aliphatic heterocycles. The molecule has 7 heteroatoms. The quantitative estimate of drug-likeness (QED) is 0.315. The molecule has 3 N–H and O–H groups in total. The SMILES string of the molecule is CC(C)S(=O)(=O)CCN1CCCC1C(N)=NO. The molecule has 1 atom stereocenters. The van der Waals surface area contributed by atoms with Gasteiger partial charge >= 0.3 is 0 Å². The Morgan fingerprint density at radius 3 is 2.76 bits per heavy atom. The summed E-state index contributed by atoms with van der Waals surface area (Å²) in [7, 11) is -3.03. The van der Waals surface area contributed by atoms with E-state index in [-0.39, 0.29) is 22.9 Å². The number of sulfone groups is 1. The Morgan fingerprint density at radius 2 is 2.24 bits per heavy atom. The molecule has 0 amide bonds. The highest BCUT2D eigenvalue weighted by Gasteiger charge is 2.29. The molecule has 1 rings (SSSR count). The normalized spacial score (nSPS) is 23.5. The molecule has 6 nitrogen and oxygen atoms in total. The van der Waals surface area contributed by atoms with Gasteiger partial charge in [-0.15, -0.1) is 0 Å². The third kappa shape index (κ3) is 3.57. The van der Waals surface area contributed by atoms with Crippen LogP contribution in [0.1, 0.15) is 26.7 Å². The van der Waals surface area contributed by atoms with Crippen LogP contribution >= 0.6 is 0 Å². The van der Waals surface area contributed by atoms with Crippen molar-refractivity contribution in [2.24, 2.45) is 10.9 Å². The van der Waals surface area contributed by atoms with Crippen LogP contribution < -0.4 is 5.73 Å². The minimum absolute atomic E-state index is 0.123. The van der Waals surface area contributed by atoms with E-state index in [4.69, 9.17) is 10.9 Å². The maximum atomic E-state index is 11.7. The molecule has 1 heterocycles. The molecule has 0 radical (unpaired) electrons. The molecule has 0 aromatic carbocycles. The topological polar surface area (TPSA) is 96.0 Å². The summed E-state index contributed by atoms with van der Waals surface area (Å²) in [6.45, 7) is 4.61. The van der Waals surface area contributed by atoms with Crippen molar-refractivity contribution in [2.75, 3.05) is 18.8 Å². The summed E-state index contributed by atoms with van der Waals surface area (Å²) in [5, 5.41) is 11.3. The molecule has 0 aliphatic carbocycles. The largest absolute Gasteiger partial charge is 0.409 e.